The second-order valence-corrected chi connectivity index (χ2v) is 4.72. The molecule has 3 N–H and O–H groups in total. The van der Waals surface area contributed by atoms with Crippen LogP contribution in [0.3, 0.4) is 0 Å². The number of aliphatic carboxylic acids is 1. The van der Waals surface area contributed by atoms with E-state index in [4.69, 9.17) is 27.2 Å². The molecular formula is C13H18ClNO3. The Kier molecular flexibility index (Phi) is 5.44. The molecule has 0 heterocycles. The smallest absolute Gasteiger partial charge is 0.344 e. The van der Waals surface area contributed by atoms with Gasteiger partial charge >= 0.3 is 5.97 Å². The van der Waals surface area contributed by atoms with E-state index >= 15 is 0 Å². The summed E-state index contributed by atoms with van der Waals surface area (Å²) in [7, 11) is 0. The fraction of sp³-hybridized carbons (Fsp3) is 0.462. The molecule has 0 radical (unpaired) electrons. The Hall–Kier alpha value is -1.26. The normalized spacial score (nSPS) is 14.0. The maximum Gasteiger partial charge on any atom is 0.344 e. The zero-order chi connectivity index (χ0) is 13.7. The van der Waals surface area contributed by atoms with E-state index in [9.17, 15) is 4.79 Å². The Balaban J connectivity index is 2.96. The van der Waals surface area contributed by atoms with Gasteiger partial charge in [0.1, 0.15) is 5.75 Å². The van der Waals surface area contributed by atoms with E-state index in [1.807, 2.05) is 6.92 Å². The second kappa shape index (κ2) is 6.61. The van der Waals surface area contributed by atoms with Gasteiger partial charge in [-0.1, -0.05) is 18.5 Å². The van der Waals surface area contributed by atoms with Crippen LogP contribution in [-0.4, -0.2) is 23.2 Å². The largest absolute Gasteiger partial charge is 0.479 e. The first-order chi connectivity index (χ1) is 8.43. The highest BCUT2D eigenvalue weighted by molar-refractivity contribution is 6.30. The zero-order valence-corrected chi connectivity index (χ0v) is 11.3. The summed E-state index contributed by atoms with van der Waals surface area (Å²) in [6.07, 6.45) is 0.139. The van der Waals surface area contributed by atoms with Gasteiger partial charge in [0.15, 0.2) is 6.10 Å². The molecule has 18 heavy (non-hydrogen) atoms. The Morgan fingerprint density at radius 2 is 2.22 bits per heavy atom. The van der Waals surface area contributed by atoms with E-state index in [1.165, 1.54) is 0 Å². The monoisotopic (exact) mass is 271 g/mol. The Morgan fingerprint density at radius 3 is 2.72 bits per heavy atom. The molecule has 0 aliphatic rings. The molecule has 0 aliphatic heterocycles. The molecule has 0 bridgehead atoms. The summed E-state index contributed by atoms with van der Waals surface area (Å²) in [5.74, 6) is -0.440. The molecule has 2 atom stereocenters. The first-order valence-corrected chi connectivity index (χ1v) is 6.25. The lowest BCUT2D eigenvalue weighted by Crippen LogP contribution is -2.27. The summed E-state index contributed by atoms with van der Waals surface area (Å²) in [6.45, 7) is 3.64. The Bertz CT molecular complexity index is 421. The SMILES string of the molecule is CCC(Oc1ccc(Cl)cc1CC(C)N)C(=O)O. The molecule has 0 amide bonds. The summed E-state index contributed by atoms with van der Waals surface area (Å²) in [5.41, 5.74) is 6.58. The van der Waals surface area contributed by atoms with E-state index in [-0.39, 0.29) is 6.04 Å². The topological polar surface area (TPSA) is 72.5 Å². The van der Waals surface area contributed by atoms with Gasteiger partial charge in [-0.15, -0.1) is 0 Å². The molecule has 0 aliphatic carbocycles. The maximum absolute atomic E-state index is 11.0. The van der Waals surface area contributed by atoms with Crippen LogP contribution in [0.4, 0.5) is 0 Å². The van der Waals surface area contributed by atoms with Crippen molar-refractivity contribution in [3.05, 3.63) is 28.8 Å². The van der Waals surface area contributed by atoms with Crippen molar-refractivity contribution in [2.45, 2.75) is 38.8 Å². The van der Waals surface area contributed by atoms with Crippen LogP contribution >= 0.6 is 11.6 Å². The van der Waals surface area contributed by atoms with Crippen LogP contribution in [0, 0.1) is 0 Å². The van der Waals surface area contributed by atoms with Crippen molar-refractivity contribution < 1.29 is 14.6 Å². The molecule has 0 spiro atoms. The molecule has 5 heteroatoms. The van der Waals surface area contributed by atoms with Crippen molar-refractivity contribution in [2.75, 3.05) is 0 Å². The molecule has 1 aromatic rings. The van der Waals surface area contributed by atoms with Gasteiger partial charge < -0.3 is 15.6 Å². The summed E-state index contributed by atoms with van der Waals surface area (Å²) in [4.78, 5) is 11.0. The third kappa shape index (κ3) is 4.20. The van der Waals surface area contributed by atoms with Crippen molar-refractivity contribution in [3.63, 3.8) is 0 Å². The molecular weight excluding hydrogens is 254 g/mol. The van der Waals surface area contributed by atoms with Gasteiger partial charge in [-0.3, -0.25) is 0 Å². The van der Waals surface area contributed by atoms with Crippen molar-refractivity contribution in [3.8, 4) is 5.75 Å². The quantitative estimate of drug-likeness (QED) is 0.834. The van der Waals surface area contributed by atoms with E-state index < -0.39 is 12.1 Å². The van der Waals surface area contributed by atoms with Crippen LogP contribution in [0.25, 0.3) is 0 Å². The minimum Gasteiger partial charge on any atom is -0.479 e. The third-order valence-corrected chi connectivity index (χ3v) is 2.71. The molecule has 0 saturated heterocycles. The van der Waals surface area contributed by atoms with Gasteiger partial charge in [-0.2, -0.15) is 0 Å². The number of carboxylic acid groups (broad SMARTS) is 1. The number of hydrogen-bond acceptors (Lipinski definition) is 3. The molecule has 0 saturated carbocycles. The van der Waals surface area contributed by atoms with Crippen LogP contribution in [0.5, 0.6) is 5.75 Å². The molecule has 4 nitrogen and oxygen atoms in total. The molecule has 0 fully saturated rings. The van der Waals surface area contributed by atoms with Gasteiger partial charge in [0.2, 0.25) is 0 Å². The van der Waals surface area contributed by atoms with Crippen LogP contribution in [-0.2, 0) is 11.2 Å². The molecule has 1 aromatic carbocycles. The number of halogens is 1. The van der Waals surface area contributed by atoms with Crippen molar-refractivity contribution in [1.29, 1.82) is 0 Å². The first-order valence-electron chi connectivity index (χ1n) is 5.87. The van der Waals surface area contributed by atoms with Crippen LogP contribution in [0.2, 0.25) is 5.02 Å². The van der Waals surface area contributed by atoms with Crippen LogP contribution < -0.4 is 10.5 Å². The minimum atomic E-state index is -0.973. The fourth-order valence-electron chi connectivity index (χ4n) is 1.63. The minimum absolute atomic E-state index is 0.0456. The van der Waals surface area contributed by atoms with E-state index in [0.29, 0.717) is 23.6 Å². The lowest BCUT2D eigenvalue weighted by molar-refractivity contribution is -0.145. The number of benzene rings is 1. The predicted octanol–water partition coefficient (Wildman–Crippen LogP) is 2.47. The predicted molar refractivity (Wildman–Crippen MR) is 71.1 cm³/mol. The number of carbonyl (C=O) groups is 1. The molecule has 1 rings (SSSR count). The van der Waals surface area contributed by atoms with Crippen LogP contribution in [0.1, 0.15) is 25.8 Å². The standard InChI is InChI=1S/C13H18ClNO3/c1-3-11(13(16)17)18-12-5-4-10(14)7-9(12)6-8(2)15/h4-5,7-8,11H,3,6,15H2,1-2H3,(H,16,17). The van der Waals surface area contributed by atoms with Gasteiger partial charge in [-0.05, 0) is 43.5 Å². The number of rotatable bonds is 6. The Morgan fingerprint density at radius 1 is 1.56 bits per heavy atom. The van der Waals surface area contributed by atoms with Gasteiger partial charge in [0.05, 0.1) is 0 Å². The first kappa shape index (κ1) is 14.8. The van der Waals surface area contributed by atoms with Gasteiger partial charge in [-0.25, -0.2) is 4.79 Å². The highest BCUT2D eigenvalue weighted by Crippen LogP contribution is 2.25. The van der Waals surface area contributed by atoms with Crippen molar-refractivity contribution in [2.24, 2.45) is 5.73 Å². The lowest BCUT2D eigenvalue weighted by Gasteiger charge is -2.17. The second-order valence-electron chi connectivity index (χ2n) is 4.29. The zero-order valence-electron chi connectivity index (χ0n) is 10.5. The van der Waals surface area contributed by atoms with Crippen molar-refractivity contribution in [1.82, 2.24) is 0 Å². The number of hydrogen-bond donors (Lipinski definition) is 2. The van der Waals surface area contributed by atoms with E-state index in [1.54, 1.807) is 25.1 Å². The number of carboxylic acids is 1. The Labute approximate surface area is 112 Å². The summed E-state index contributed by atoms with van der Waals surface area (Å²) in [5, 5.41) is 9.57. The molecule has 2 unspecified atom stereocenters. The van der Waals surface area contributed by atoms with E-state index in [0.717, 1.165) is 5.56 Å². The third-order valence-electron chi connectivity index (χ3n) is 2.48. The average molecular weight is 272 g/mol. The number of ether oxygens (including phenoxy) is 1. The summed E-state index contributed by atoms with van der Waals surface area (Å²) in [6, 6.07) is 5.08. The molecule has 100 valence electrons. The maximum atomic E-state index is 11.0. The van der Waals surface area contributed by atoms with Gasteiger partial charge in [0.25, 0.3) is 0 Å². The lowest BCUT2D eigenvalue weighted by atomic mass is 10.1. The van der Waals surface area contributed by atoms with Gasteiger partial charge in [0, 0.05) is 11.1 Å². The number of nitrogens with two attached hydrogens (primary N) is 1. The fourth-order valence-corrected chi connectivity index (χ4v) is 1.83. The highest BCUT2D eigenvalue weighted by Gasteiger charge is 2.18. The average Bonchev–Trinajstić information content (AvgIpc) is 2.26. The summed E-state index contributed by atoms with van der Waals surface area (Å²) < 4.78 is 5.50. The summed E-state index contributed by atoms with van der Waals surface area (Å²) >= 11 is 5.92. The molecule has 0 aromatic heterocycles. The van der Waals surface area contributed by atoms with E-state index in [2.05, 4.69) is 0 Å². The highest BCUT2D eigenvalue weighted by atomic mass is 35.5. The van der Waals surface area contributed by atoms with Crippen molar-refractivity contribution >= 4 is 17.6 Å². The van der Waals surface area contributed by atoms with Crippen LogP contribution in [0.15, 0.2) is 18.2 Å².